The lowest BCUT2D eigenvalue weighted by atomic mass is 10.1. The van der Waals surface area contributed by atoms with Gasteiger partial charge in [0, 0.05) is 42.5 Å². The van der Waals surface area contributed by atoms with Crippen LogP contribution in [0.25, 0.3) is 21.5 Å². The Morgan fingerprint density at radius 3 is 2.76 bits per heavy atom. The number of nitro groups is 1. The molecule has 0 unspecified atom stereocenters. The molecule has 1 aliphatic rings. The third-order valence-electron chi connectivity index (χ3n) is 4.26. The Morgan fingerprint density at radius 1 is 1.24 bits per heavy atom. The Kier molecular flexibility index (Phi) is 4.06. The summed E-state index contributed by atoms with van der Waals surface area (Å²) >= 11 is 1.59. The number of hydrogen-bond donors (Lipinski definition) is 1. The molecule has 1 aliphatic heterocycles. The zero-order chi connectivity index (χ0) is 17.4. The van der Waals surface area contributed by atoms with E-state index in [1.165, 1.54) is 6.07 Å². The molecule has 0 aliphatic carbocycles. The van der Waals surface area contributed by atoms with Gasteiger partial charge in [0.05, 0.1) is 16.2 Å². The molecule has 0 bridgehead atoms. The van der Waals surface area contributed by atoms with Crippen LogP contribution in [0.15, 0.2) is 30.3 Å². The number of anilines is 1. The third-order valence-corrected chi connectivity index (χ3v) is 5.20. The number of hydrogen-bond acceptors (Lipinski definition) is 7. The minimum atomic E-state index is -0.354. The highest BCUT2D eigenvalue weighted by Crippen LogP contribution is 2.37. The summed E-state index contributed by atoms with van der Waals surface area (Å²) in [5.74, 6) is 0.643. The van der Waals surface area contributed by atoms with Gasteiger partial charge in [-0.15, -0.1) is 11.3 Å². The zero-order valence-corrected chi connectivity index (χ0v) is 14.5. The quantitative estimate of drug-likeness (QED) is 0.574. The lowest BCUT2D eigenvalue weighted by Crippen LogP contribution is -2.44. The van der Waals surface area contributed by atoms with Crippen LogP contribution in [-0.4, -0.2) is 41.1 Å². The van der Waals surface area contributed by atoms with Gasteiger partial charge < -0.3 is 10.2 Å². The maximum Gasteiger partial charge on any atom is 0.278 e. The number of para-hydroxylation sites is 1. The van der Waals surface area contributed by atoms with Crippen molar-refractivity contribution in [3.63, 3.8) is 0 Å². The predicted molar refractivity (Wildman–Crippen MR) is 99.3 cm³/mol. The smallest absolute Gasteiger partial charge is 0.278 e. The molecule has 7 nitrogen and oxygen atoms in total. The first kappa shape index (κ1) is 15.9. The highest BCUT2D eigenvalue weighted by atomic mass is 32.1. The van der Waals surface area contributed by atoms with E-state index >= 15 is 0 Å². The van der Waals surface area contributed by atoms with E-state index in [1.54, 1.807) is 29.5 Å². The number of aromatic nitrogens is 2. The van der Waals surface area contributed by atoms with Gasteiger partial charge in [0.1, 0.15) is 4.83 Å². The van der Waals surface area contributed by atoms with Crippen molar-refractivity contribution in [3.8, 4) is 11.3 Å². The van der Waals surface area contributed by atoms with Crippen molar-refractivity contribution in [2.24, 2.45) is 0 Å². The number of thiophene rings is 1. The molecule has 8 heteroatoms. The molecular weight excluding hydrogens is 338 g/mol. The molecule has 0 radical (unpaired) electrons. The topological polar surface area (TPSA) is 84.2 Å². The lowest BCUT2D eigenvalue weighted by molar-refractivity contribution is -0.384. The molecule has 1 saturated heterocycles. The van der Waals surface area contributed by atoms with E-state index in [4.69, 9.17) is 9.97 Å². The van der Waals surface area contributed by atoms with E-state index < -0.39 is 0 Å². The van der Waals surface area contributed by atoms with Crippen molar-refractivity contribution >= 4 is 33.2 Å². The zero-order valence-electron chi connectivity index (χ0n) is 13.7. The second kappa shape index (κ2) is 6.38. The summed E-state index contributed by atoms with van der Waals surface area (Å²) in [5.41, 5.74) is 1.24. The molecule has 0 saturated carbocycles. The van der Waals surface area contributed by atoms with Crippen LogP contribution in [0.5, 0.6) is 0 Å². The normalized spacial score (nSPS) is 14.8. The van der Waals surface area contributed by atoms with Crippen molar-refractivity contribution in [2.75, 3.05) is 31.1 Å². The number of nitrogens with one attached hydrogen (secondary N) is 1. The average molecular weight is 355 g/mol. The highest BCUT2D eigenvalue weighted by Gasteiger charge is 2.22. The van der Waals surface area contributed by atoms with Crippen LogP contribution < -0.4 is 10.2 Å². The van der Waals surface area contributed by atoms with E-state index in [2.05, 4.69) is 10.2 Å². The summed E-state index contributed by atoms with van der Waals surface area (Å²) in [6.45, 7) is 5.43. The first-order chi connectivity index (χ1) is 12.1. The predicted octanol–water partition coefficient (Wildman–Crippen LogP) is 2.98. The molecule has 3 heterocycles. The Bertz CT molecular complexity index is 949. The van der Waals surface area contributed by atoms with Crippen LogP contribution >= 0.6 is 11.3 Å². The van der Waals surface area contributed by atoms with E-state index in [1.807, 2.05) is 13.0 Å². The maximum absolute atomic E-state index is 11.5. The van der Waals surface area contributed by atoms with E-state index in [9.17, 15) is 10.1 Å². The molecule has 25 heavy (non-hydrogen) atoms. The van der Waals surface area contributed by atoms with Gasteiger partial charge >= 0.3 is 0 Å². The molecule has 0 amide bonds. The molecule has 3 aromatic rings. The first-order valence-electron chi connectivity index (χ1n) is 8.11. The fourth-order valence-corrected chi connectivity index (χ4v) is 3.95. The van der Waals surface area contributed by atoms with Crippen molar-refractivity contribution in [1.29, 1.82) is 0 Å². The second-order valence-electron chi connectivity index (χ2n) is 5.96. The molecule has 4 rings (SSSR count). The lowest BCUT2D eigenvalue weighted by Gasteiger charge is -2.27. The Balaban J connectivity index is 1.94. The summed E-state index contributed by atoms with van der Waals surface area (Å²) in [7, 11) is 0. The maximum atomic E-state index is 11.5. The summed E-state index contributed by atoms with van der Waals surface area (Å²) < 4.78 is 0. The monoisotopic (exact) mass is 355 g/mol. The number of fused-ring (bicyclic) bond motifs is 1. The summed E-state index contributed by atoms with van der Waals surface area (Å²) in [6, 6.07) is 8.77. The Labute approximate surface area is 148 Å². The number of benzene rings is 1. The molecule has 0 atom stereocenters. The van der Waals surface area contributed by atoms with Crippen molar-refractivity contribution in [3.05, 3.63) is 45.3 Å². The highest BCUT2D eigenvalue weighted by molar-refractivity contribution is 7.18. The summed E-state index contributed by atoms with van der Waals surface area (Å²) in [5, 5.41) is 15.7. The van der Waals surface area contributed by atoms with Crippen LogP contribution in [0.3, 0.4) is 0 Å². The molecule has 1 N–H and O–H groups in total. The molecule has 1 fully saturated rings. The van der Waals surface area contributed by atoms with Gasteiger partial charge in [-0.1, -0.05) is 12.1 Å². The fourth-order valence-electron chi connectivity index (χ4n) is 3.08. The van der Waals surface area contributed by atoms with E-state index in [-0.39, 0.29) is 10.6 Å². The average Bonchev–Trinajstić information content (AvgIpc) is 3.01. The molecule has 2 aromatic heterocycles. The first-order valence-corrected chi connectivity index (χ1v) is 8.93. The van der Waals surface area contributed by atoms with Crippen LogP contribution in [0.4, 0.5) is 11.6 Å². The number of aryl methyl sites for hydroxylation is 1. The standard InChI is InChI=1S/C17H17N5O2S/c1-11-10-13-15(12-4-2-3-5-14(12)22(23)24)19-17(20-16(13)25-11)21-8-6-18-7-9-21/h2-5,10,18H,6-9H2,1H3. The number of rotatable bonds is 3. The molecule has 1 aromatic carbocycles. The van der Waals surface area contributed by atoms with Crippen molar-refractivity contribution in [2.45, 2.75) is 6.92 Å². The van der Waals surface area contributed by atoms with Gasteiger partial charge in [-0.25, -0.2) is 9.97 Å². The molecule has 0 spiro atoms. The fraction of sp³-hybridized carbons (Fsp3) is 0.294. The SMILES string of the molecule is Cc1cc2c(-c3ccccc3[N+](=O)[O-])nc(N3CCNCC3)nc2s1. The van der Waals surface area contributed by atoms with Gasteiger partial charge in [-0.3, -0.25) is 10.1 Å². The van der Waals surface area contributed by atoms with E-state index in [0.717, 1.165) is 41.3 Å². The van der Waals surface area contributed by atoms with Gasteiger partial charge in [0.25, 0.3) is 5.69 Å². The van der Waals surface area contributed by atoms with Crippen LogP contribution in [0, 0.1) is 17.0 Å². The Morgan fingerprint density at radius 2 is 2.00 bits per heavy atom. The van der Waals surface area contributed by atoms with Crippen LogP contribution in [0.1, 0.15) is 4.88 Å². The number of nitro benzene ring substituents is 1. The van der Waals surface area contributed by atoms with Gasteiger partial charge in [-0.2, -0.15) is 0 Å². The van der Waals surface area contributed by atoms with Crippen LogP contribution in [-0.2, 0) is 0 Å². The van der Waals surface area contributed by atoms with E-state index in [0.29, 0.717) is 17.2 Å². The minimum Gasteiger partial charge on any atom is -0.338 e. The largest absolute Gasteiger partial charge is 0.338 e. The molecular formula is C17H17N5O2S. The van der Waals surface area contributed by atoms with Gasteiger partial charge in [0.2, 0.25) is 5.95 Å². The molecule has 128 valence electrons. The van der Waals surface area contributed by atoms with Gasteiger partial charge in [0.15, 0.2) is 0 Å². The van der Waals surface area contributed by atoms with Crippen molar-refractivity contribution in [1.82, 2.24) is 15.3 Å². The number of piperazine rings is 1. The van der Waals surface area contributed by atoms with Crippen molar-refractivity contribution < 1.29 is 4.92 Å². The third kappa shape index (κ3) is 2.94. The summed E-state index contributed by atoms with van der Waals surface area (Å²) in [4.78, 5) is 24.7. The van der Waals surface area contributed by atoms with Gasteiger partial charge in [-0.05, 0) is 19.1 Å². The Hall–Kier alpha value is -2.58. The minimum absolute atomic E-state index is 0.0672. The summed E-state index contributed by atoms with van der Waals surface area (Å²) in [6.07, 6.45) is 0. The number of nitrogens with zero attached hydrogens (tertiary/aromatic N) is 4. The second-order valence-corrected chi connectivity index (χ2v) is 7.19. The van der Waals surface area contributed by atoms with Crippen LogP contribution in [0.2, 0.25) is 0 Å².